The number of urea groups is 1. The lowest BCUT2D eigenvalue weighted by molar-refractivity contribution is 0.236. The number of amides is 2. The van der Waals surface area contributed by atoms with E-state index in [1.807, 2.05) is 30.3 Å². The fourth-order valence-electron chi connectivity index (χ4n) is 2.67. The summed E-state index contributed by atoms with van der Waals surface area (Å²) in [5.74, 6) is 0.585. The quantitative estimate of drug-likeness (QED) is 0.466. The monoisotopic (exact) mass is 403 g/mol. The molecule has 1 atom stereocenters. The highest BCUT2D eigenvalue weighted by Crippen LogP contribution is 2.19. The maximum absolute atomic E-state index is 12.4. The lowest BCUT2D eigenvalue weighted by Crippen LogP contribution is -2.38. The van der Waals surface area contributed by atoms with Crippen molar-refractivity contribution in [2.75, 3.05) is 5.73 Å². The van der Waals surface area contributed by atoms with Crippen molar-refractivity contribution in [1.29, 1.82) is 0 Å². The average molecular weight is 404 g/mol. The van der Waals surface area contributed by atoms with Crippen LogP contribution >= 0.6 is 23.2 Å². The number of H-pyrrole nitrogens is 1. The first-order valence-electron chi connectivity index (χ1n) is 8.34. The van der Waals surface area contributed by atoms with Gasteiger partial charge in [0, 0.05) is 17.3 Å². The molecule has 0 saturated heterocycles. The van der Waals surface area contributed by atoms with Gasteiger partial charge < -0.3 is 21.4 Å². The highest BCUT2D eigenvalue weighted by Gasteiger charge is 2.18. The van der Waals surface area contributed by atoms with Crippen molar-refractivity contribution in [1.82, 2.24) is 20.6 Å². The molecule has 0 aliphatic carbocycles. The highest BCUT2D eigenvalue weighted by molar-refractivity contribution is 6.30. The molecule has 2 aromatic carbocycles. The molecule has 1 heterocycles. The molecule has 27 heavy (non-hydrogen) atoms. The molecule has 0 saturated carbocycles. The Kier molecular flexibility index (Phi) is 6.21. The predicted octanol–water partition coefficient (Wildman–Crippen LogP) is 4.08. The predicted molar refractivity (Wildman–Crippen MR) is 108 cm³/mol. The van der Waals surface area contributed by atoms with Crippen LogP contribution in [0, 0.1) is 0 Å². The van der Waals surface area contributed by atoms with Crippen LogP contribution in [0.5, 0.6) is 0 Å². The van der Waals surface area contributed by atoms with E-state index in [1.165, 1.54) is 6.20 Å². The zero-order chi connectivity index (χ0) is 19.2. The number of hydrogen-bond acceptors (Lipinski definition) is 3. The second-order valence-electron chi connectivity index (χ2n) is 6.03. The molecular weight excluding hydrogens is 385 g/mol. The minimum atomic E-state index is -0.364. The summed E-state index contributed by atoms with van der Waals surface area (Å²) in [7, 11) is 0. The van der Waals surface area contributed by atoms with Crippen LogP contribution in [0.4, 0.5) is 10.5 Å². The van der Waals surface area contributed by atoms with Crippen molar-refractivity contribution in [2.45, 2.75) is 19.0 Å². The van der Waals surface area contributed by atoms with Crippen LogP contribution in [0.25, 0.3) is 0 Å². The lowest BCUT2D eigenvalue weighted by Gasteiger charge is -2.18. The van der Waals surface area contributed by atoms with Gasteiger partial charge in [0.2, 0.25) is 0 Å². The van der Waals surface area contributed by atoms with Gasteiger partial charge >= 0.3 is 6.03 Å². The summed E-state index contributed by atoms with van der Waals surface area (Å²) < 4.78 is 0. The normalized spacial score (nSPS) is 11.8. The van der Waals surface area contributed by atoms with Gasteiger partial charge in [-0.25, -0.2) is 9.78 Å². The maximum atomic E-state index is 12.4. The smallest absolute Gasteiger partial charge is 0.315 e. The van der Waals surface area contributed by atoms with E-state index in [9.17, 15) is 4.79 Å². The summed E-state index contributed by atoms with van der Waals surface area (Å²) in [5.41, 5.74) is 8.29. The Morgan fingerprint density at radius 1 is 1.19 bits per heavy atom. The second kappa shape index (κ2) is 8.79. The minimum absolute atomic E-state index is 0.259. The number of benzene rings is 2. The van der Waals surface area contributed by atoms with Gasteiger partial charge in [-0.3, -0.25) is 0 Å². The summed E-state index contributed by atoms with van der Waals surface area (Å²) in [6.07, 6.45) is 2.08. The van der Waals surface area contributed by atoms with Gasteiger partial charge in [-0.05, 0) is 35.7 Å². The Hall–Kier alpha value is -2.70. The maximum Gasteiger partial charge on any atom is 0.315 e. The number of nitrogens with zero attached hydrogens (tertiary/aromatic N) is 1. The molecule has 1 aromatic heterocycles. The summed E-state index contributed by atoms with van der Waals surface area (Å²) in [6.45, 7) is 0.259. The summed E-state index contributed by atoms with van der Waals surface area (Å²) >= 11 is 11.9. The Morgan fingerprint density at radius 2 is 1.96 bits per heavy atom. The fourth-order valence-corrected chi connectivity index (χ4v) is 3.01. The number of nitrogens with one attached hydrogen (secondary N) is 3. The third-order valence-corrected chi connectivity index (χ3v) is 4.45. The first-order chi connectivity index (χ1) is 13.0. The molecule has 5 N–H and O–H groups in total. The van der Waals surface area contributed by atoms with E-state index in [2.05, 4.69) is 20.6 Å². The zero-order valence-electron chi connectivity index (χ0n) is 14.4. The number of anilines is 1. The Bertz CT molecular complexity index is 913. The molecule has 8 heteroatoms. The highest BCUT2D eigenvalue weighted by atomic mass is 35.5. The number of nitrogen functional groups attached to an aromatic ring is 1. The van der Waals surface area contributed by atoms with Crippen molar-refractivity contribution in [3.05, 3.63) is 81.9 Å². The van der Waals surface area contributed by atoms with Gasteiger partial charge in [-0.2, -0.15) is 0 Å². The van der Waals surface area contributed by atoms with Crippen molar-refractivity contribution in [2.24, 2.45) is 0 Å². The van der Waals surface area contributed by atoms with Gasteiger partial charge in [-0.1, -0.05) is 53.5 Å². The SMILES string of the molecule is Nc1ccc(Cl)cc1CNC(=O)NC(Cc1ccccc1)c1ncc(Cl)[nH]1. The minimum Gasteiger partial charge on any atom is -0.398 e. The van der Waals surface area contributed by atoms with Crippen molar-refractivity contribution < 1.29 is 4.79 Å². The number of halogens is 2. The van der Waals surface area contributed by atoms with Gasteiger partial charge in [0.1, 0.15) is 11.0 Å². The molecule has 3 aromatic rings. The number of hydrogen-bond donors (Lipinski definition) is 4. The van der Waals surface area contributed by atoms with Crippen LogP contribution in [0.15, 0.2) is 54.7 Å². The standard InChI is InChI=1S/C19H19Cl2N5O/c20-14-6-7-15(22)13(9-14)10-24-19(27)25-16(18-23-11-17(21)26-18)8-12-4-2-1-3-5-12/h1-7,9,11,16H,8,10,22H2,(H,23,26)(H2,24,25,27). The second-order valence-corrected chi connectivity index (χ2v) is 6.87. The number of carbonyl (C=O) groups is 1. The number of rotatable bonds is 6. The third kappa shape index (κ3) is 5.39. The van der Waals surface area contributed by atoms with Crippen molar-refractivity contribution in [3.8, 4) is 0 Å². The first kappa shape index (κ1) is 19.1. The number of imidazole rings is 1. The lowest BCUT2D eigenvalue weighted by atomic mass is 10.1. The van der Waals surface area contributed by atoms with Crippen LogP contribution < -0.4 is 16.4 Å². The van der Waals surface area contributed by atoms with E-state index >= 15 is 0 Å². The van der Waals surface area contributed by atoms with Gasteiger partial charge in [0.15, 0.2) is 0 Å². The van der Waals surface area contributed by atoms with Crippen LogP contribution in [0.2, 0.25) is 10.2 Å². The number of nitrogens with two attached hydrogens (primary N) is 1. The van der Waals surface area contributed by atoms with Crippen LogP contribution in [0.3, 0.4) is 0 Å². The molecule has 140 valence electrons. The Morgan fingerprint density at radius 3 is 2.67 bits per heavy atom. The molecule has 3 rings (SSSR count). The van der Waals surface area contributed by atoms with Crippen LogP contribution in [-0.2, 0) is 13.0 Å². The van der Waals surface area contributed by atoms with Crippen LogP contribution in [-0.4, -0.2) is 16.0 Å². The largest absolute Gasteiger partial charge is 0.398 e. The molecule has 0 fully saturated rings. The van der Waals surface area contributed by atoms with E-state index in [0.29, 0.717) is 28.1 Å². The van der Waals surface area contributed by atoms with E-state index in [4.69, 9.17) is 28.9 Å². The number of aromatic nitrogens is 2. The zero-order valence-corrected chi connectivity index (χ0v) is 15.9. The Balaban J connectivity index is 1.67. The van der Waals surface area contributed by atoms with E-state index < -0.39 is 0 Å². The van der Waals surface area contributed by atoms with Crippen molar-refractivity contribution in [3.63, 3.8) is 0 Å². The van der Waals surface area contributed by atoms with Gasteiger partial charge in [0.05, 0.1) is 12.2 Å². The molecule has 0 aliphatic rings. The summed E-state index contributed by atoms with van der Waals surface area (Å²) in [4.78, 5) is 19.6. The molecule has 2 amide bonds. The van der Waals surface area contributed by atoms with Gasteiger partial charge in [-0.15, -0.1) is 0 Å². The molecule has 0 radical (unpaired) electrons. The third-order valence-electron chi connectivity index (χ3n) is 4.03. The van der Waals surface area contributed by atoms with Crippen LogP contribution in [0.1, 0.15) is 23.0 Å². The molecule has 6 nitrogen and oxygen atoms in total. The van der Waals surface area contributed by atoms with E-state index in [1.54, 1.807) is 18.2 Å². The number of carbonyl (C=O) groups excluding carboxylic acids is 1. The molecule has 0 spiro atoms. The average Bonchev–Trinajstić information content (AvgIpc) is 3.09. The first-order valence-corrected chi connectivity index (χ1v) is 9.09. The van der Waals surface area contributed by atoms with E-state index in [0.717, 1.165) is 11.1 Å². The molecular formula is C19H19Cl2N5O. The van der Waals surface area contributed by atoms with E-state index in [-0.39, 0.29) is 18.6 Å². The summed E-state index contributed by atoms with van der Waals surface area (Å²) in [6, 6.07) is 14.3. The molecule has 0 bridgehead atoms. The Labute approximate surface area is 167 Å². The summed E-state index contributed by atoms with van der Waals surface area (Å²) in [5, 5.41) is 6.70. The fraction of sp³-hybridized carbons (Fsp3) is 0.158. The van der Waals surface area contributed by atoms with Crippen molar-refractivity contribution >= 4 is 34.9 Å². The molecule has 1 unspecified atom stereocenters. The number of aromatic amines is 1. The molecule has 0 aliphatic heterocycles. The van der Waals surface area contributed by atoms with Gasteiger partial charge in [0.25, 0.3) is 0 Å². The topological polar surface area (TPSA) is 95.8 Å².